The fourth-order valence-corrected chi connectivity index (χ4v) is 4.48. The number of carbonyl (C=O) groups excluding carboxylic acids is 2. The Kier molecular flexibility index (Phi) is 7.25. The van der Waals surface area contributed by atoms with E-state index in [1.807, 2.05) is 30.3 Å². The first-order valence-corrected chi connectivity index (χ1v) is 11.1. The Bertz CT molecular complexity index is 1020. The van der Waals surface area contributed by atoms with E-state index in [2.05, 4.69) is 0 Å². The number of hydrogen-bond donors (Lipinski definition) is 0. The molecule has 1 aliphatic rings. The molecule has 158 valence electrons. The first kappa shape index (κ1) is 22.0. The summed E-state index contributed by atoms with van der Waals surface area (Å²) in [6, 6.07) is 15.2. The van der Waals surface area contributed by atoms with Crippen LogP contribution in [0.15, 0.2) is 65.6 Å². The Morgan fingerprint density at radius 1 is 0.967 bits per heavy atom. The number of hydrogen-bond acceptors (Lipinski definition) is 5. The Hall–Kier alpha value is -2.68. The van der Waals surface area contributed by atoms with Gasteiger partial charge in [0.25, 0.3) is 5.91 Å². The van der Waals surface area contributed by atoms with E-state index in [1.165, 1.54) is 39.5 Å². The van der Waals surface area contributed by atoms with Gasteiger partial charge in [0.15, 0.2) is 6.61 Å². The Morgan fingerprint density at radius 2 is 1.60 bits per heavy atom. The summed E-state index contributed by atoms with van der Waals surface area (Å²) in [4.78, 5) is 25.7. The fraction of sp³-hybridized carbons (Fsp3) is 0.238. The average molecular weight is 449 g/mol. The van der Waals surface area contributed by atoms with Crippen molar-refractivity contribution in [1.29, 1.82) is 0 Å². The molecule has 0 atom stereocenters. The minimum absolute atomic E-state index is 0.158. The lowest BCUT2D eigenvalue weighted by Crippen LogP contribution is -2.51. The van der Waals surface area contributed by atoms with E-state index in [-0.39, 0.29) is 43.6 Å². The van der Waals surface area contributed by atoms with Gasteiger partial charge in [-0.3, -0.25) is 4.79 Å². The molecular formula is C21H21ClN2O5S. The molecule has 7 nitrogen and oxygen atoms in total. The third-order valence-electron chi connectivity index (χ3n) is 4.59. The quantitative estimate of drug-likeness (QED) is 0.500. The van der Waals surface area contributed by atoms with Crippen molar-refractivity contribution in [3.63, 3.8) is 0 Å². The van der Waals surface area contributed by atoms with Gasteiger partial charge in [0, 0.05) is 37.3 Å². The zero-order valence-corrected chi connectivity index (χ0v) is 17.7. The first-order chi connectivity index (χ1) is 14.4. The zero-order valence-electron chi connectivity index (χ0n) is 16.1. The highest BCUT2D eigenvalue weighted by molar-refractivity contribution is 7.89. The molecule has 1 aliphatic heterocycles. The minimum atomic E-state index is -3.65. The van der Waals surface area contributed by atoms with E-state index >= 15 is 0 Å². The van der Waals surface area contributed by atoms with Crippen LogP contribution >= 0.6 is 11.6 Å². The Balaban J connectivity index is 1.47. The topological polar surface area (TPSA) is 84.0 Å². The predicted octanol–water partition coefficient (Wildman–Crippen LogP) is 2.43. The maximum atomic E-state index is 12.7. The number of halogens is 1. The number of sulfonamides is 1. The van der Waals surface area contributed by atoms with Crippen molar-refractivity contribution in [3.05, 3.63) is 71.3 Å². The normalized spacial score (nSPS) is 15.3. The van der Waals surface area contributed by atoms with Crippen LogP contribution in [-0.2, 0) is 24.3 Å². The second-order valence-electron chi connectivity index (χ2n) is 6.59. The van der Waals surface area contributed by atoms with Gasteiger partial charge in [-0.2, -0.15) is 4.31 Å². The number of rotatable bonds is 6. The molecule has 0 spiro atoms. The van der Waals surface area contributed by atoms with Gasteiger partial charge in [-0.05, 0) is 35.9 Å². The summed E-state index contributed by atoms with van der Waals surface area (Å²) in [5, 5.41) is 0.456. The minimum Gasteiger partial charge on any atom is -0.452 e. The van der Waals surface area contributed by atoms with E-state index in [1.54, 1.807) is 6.08 Å². The third-order valence-corrected chi connectivity index (χ3v) is 6.76. The molecule has 3 rings (SSSR count). The summed E-state index contributed by atoms with van der Waals surface area (Å²) >= 11 is 5.81. The monoisotopic (exact) mass is 448 g/mol. The number of nitrogens with zero attached hydrogens (tertiary/aromatic N) is 2. The number of ether oxygens (including phenoxy) is 1. The summed E-state index contributed by atoms with van der Waals surface area (Å²) < 4.78 is 31.7. The smallest absolute Gasteiger partial charge is 0.331 e. The molecule has 2 aromatic rings. The van der Waals surface area contributed by atoms with Crippen LogP contribution in [0.25, 0.3) is 6.08 Å². The summed E-state index contributed by atoms with van der Waals surface area (Å²) in [7, 11) is -3.65. The summed E-state index contributed by atoms with van der Waals surface area (Å²) in [6.07, 6.45) is 2.87. The average Bonchev–Trinajstić information content (AvgIpc) is 2.77. The van der Waals surface area contributed by atoms with Crippen LogP contribution in [0, 0.1) is 0 Å². The summed E-state index contributed by atoms with van der Waals surface area (Å²) in [6.45, 7) is 0.394. The van der Waals surface area contributed by atoms with Crippen LogP contribution < -0.4 is 0 Å². The van der Waals surface area contributed by atoms with Crippen LogP contribution in [0.3, 0.4) is 0 Å². The van der Waals surface area contributed by atoms with Gasteiger partial charge in [0.2, 0.25) is 10.0 Å². The van der Waals surface area contributed by atoms with Crippen molar-refractivity contribution in [2.45, 2.75) is 4.90 Å². The molecule has 0 aromatic heterocycles. The van der Waals surface area contributed by atoms with Crippen molar-refractivity contribution >= 4 is 39.6 Å². The largest absolute Gasteiger partial charge is 0.452 e. The van der Waals surface area contributed by atoms with Gasteiger partial charge in [0.05, 0.1) is 4.90 Å². The number of esters is 1. The number of benzene rings is 2. The van der Waals surface area contributed by atoms with E-state index < -0.39 is 16.0 Å². The standard InChI is InChI=1S/C21H21ClN2O5S/c22-18-7-9-19(10-8-18)30(27,28)24-14-12-23(13-15-24)20(25)16-29-21(26)11-6-17-4-2-1-3-5-17/h1-11H,12-16H2/b11-6+. The number of piperazine rings is 1. The molecule has 0 bridgehead atoms. The van der Waals surface area contributed by atoms with Crippen molar-refractivity contribution in [3.8, 4) is 0 Å². The van der Waals surface area contributed by atoms with Gasteiger partial charge in [-0.25, -0.2) is 13.2 Å². The lowest BCUT2D eigenvalue weighted by Gasteiger charge is -2.33. The molecule has 0 aliphatic carbocycles. The van der Waals surface area contributed by atoms with Crippen LogP contribution in [0.5, 0.6) is 0 Å². The lowest BCUT2D eigenvalue weighted by molar-refractivity contribution is -0.148. The Labute approximate surface area is 180 Å². The van der Waals surface area contributed by atoms with Crippen LogP contribution in [0.1, 0.15) is 5.56 Å². The molecule has 1 heterocycles. The number of carbonyl (C=O) groups is 2. The van der Waals surface area contributed by atoms with Crippen LogP contribution in [-0.4, -0.2) is 62.3 Å². The zero-order chi connectivity index (χ0) is 21.6. The van der Waals surface area contributed by atoms with E-state index in [0.29, 0.717) is 5.02 Å². The predicted molar refractivity (Wildman–Crippen MR) is 113 cm³/mol. The van der Waals surface area contributed by atoms with E-state index in [4.69, 9.17) is 16.3 Å². The van der Waals surface area contributed by atoms with Crippen molar-refractivity contribution in [2.24, 2.45) is 0 Å². The molecule has 30 heavy (non-hydrogen) atoms. The van der Waals surface area contributed by atoms with Gasteiger partial charge < -0.3 is 9.64 Å². The van der Waals surface area contributed by atoms with Gasteiger partial charge >= 0.3 is 5.97 Å². The molecule has 1 fully saturated rings. The van der Waals surface area contributed by atoms with Gasteiger partial charge in [-0.15, -0.1) is 0 Å². The molecule has 0 radical (unpaired) electrons. The second-order valence-corrected chi connectivity index (χ2v) is 8.96. The molecular weight excluding hydrogens is 428 g/mol. The molecule has 0 saturated carbocycles. The highest BCUT2D eigenvalue weighted by Crippen LogP contribution is 2.20. The van der Waals surface area contributed by atoms with E-state index in [9.17, 15) is 18.0 Å². The van der Waals surface area contributed by atoms with Gasteiger partial charge in [-0.1, -0.05) is 41.9 Å². The van der Waals surface area contributed by atoms with Crippen molar-refractivity contribution in [2.75, 3.05) is 32.8 Å². The number of amides is 1. The lowest BCUT2D eigenvalue weighted by atomic mass is 10.2. The first-order valence-electron chi connectivity index (χ1n) is 9.29. The summed E-state index contributed by atoms with van der Waals surface area (Å²) in [5.74, 6) is -0.976. The maximum absolute atomic E-state index is 12.7. The second kappa shape index (κ2) is 9.88. The van der Waals surface area contributed by atoms with Crippen LogP contribution in [0.2, 0.25) is 5.02 Å². The molecule has 9 heteroatoms. The molecule has 2 aromatic carbocycles. The SMILES string of the molecule is O=C(/C=C/c1ccccc1)OCC(=O)N1CCN(S(=O)(=O)c2ccc(Cl)cc2)CC1. The fourth-order valence-electron chi connectivity index (χ4n) is 2.93. The van der Waals surface area contributed by atoms with Crippen LogP contribution in [0.4, 0.5) is 0 Å². The van der Waals surface area contributed by atoms with E-state index in [0.717, 1.165) is 5.56 Å². The summed E-state index contributed by atoms with van der Waals surface area (Å²) in [5.41, 5.74) is 0.846. The molecule has 1 saturated heterocycles. The highest BCUT2D eigenvalue weighted by Gasteiger charge is 2.30. The molecule has 1 amide bonds. The molecule has 0 unspecified atom stereocenters. The van der Waals surface area contributed by atoms with Gasteiger partial charge in [0.1, 0.15) is 0 Å². The highest BCUT2D eigenvalue weighted by atomic mass is 35.5. The molecule has 0 N–H and O–H groups in total. The third kappa shape index (κ3) is 5.69. The Morgan fingerprint density at radius 3 is 2.23 bits per heavy atom. The van der Waals surface area contributed by atoms with Crippen molar-refractivity contribution < 1.29 is 22.7 Å². The maximum Gasteiger partial charge on any atom is 0.331 e. The van der Waals surface area contributed by atoms with Crippen molar-refractivity contribution in [1.82, 2.24) is 9.21 Å².